The third-order valence-electron chi connectivity index (χ3n) is 13.8. The van der Waals surface area contributed by atoms with Gasteiger partial charge in [0.25, 0.3) is 0 Å². The number of aliphatic hydroxyl groups excluding tert-OH is 9. The van der Waals surface area contributed by atoms with Gasteiger partial charge in [-0.05, 0) is 47.5 Å². The zero-order valence-corrected chi connectivity index (χ0v) is 45.5. The summed E-state index contributed by atoms with van der Waals surface area (Å²) in [5.41, 5.74) is 0.380. The first-order valence-corrected chi connectivity index (χ1v) is 26.1. The van der Waals surface area contributed by atoms with Crippen molar-refractivity contribution in [1.29, 1.82) is 0 Å². The molecule has 0 saturated carbocycles. The minimum atomic E-state index is -2.24. The van der Waals surface area contributed by atoms with Crippen molar-refractivity contribution in [1.82, 2.24) is 0 Å². The van der Waals surface area contributed by atoms with E-state index in [1.165, 1.54) is 62.8 Å². The molecule has 0 aromatic heterocycles. The van der Waals surface area contributed by atoms with Gasteiger partial charge in [-0.2, -0.15) is 0 Å². The van der Waals surface area contributed by atoms with Crippen LogP contribution in [0.3, 0.4) is 0 Å². The van der Waals surface area contributed by atoms with Gasteiger partial charge in [0, 0.05) is 36.4 Å². The van der Waals surface area contributed by atoms with Crippen LogP contribution in [0.5, 0.6) is 40.2 Å². The fourth-order valence-corrected chi connectivity index (χ4v) is 9.19. The topological polar surface area (TPSA) is 486 Å². The molecular weight excluding hydrogens is 1170 g/mol. The second-order valence-corrected chi connectivity index (χ2v) is 19.8. The maximum absolute atomic E-state index is 13.1. The number of esters is 3. The Morgan fingerprint density at radius 1 is 0.563 bits per heavy atom. The summed E-state index contributed by atoms with van der Waals surface area (Å²) in [4.78, 5) is 49.1. The lowest BCUT2D eigenvalue weighted by Crippen LogP contribution is -2.64. The van der Waals surface area contributed by atoms with Crippen LogP contribution in [0.4, 0.5) is 0 Å². The van der Waals surface area contributed by atoms with Crippen LogP contribution in [0.25, 0.3) is 17.9 Å². The van der Waals surface area contributed by atoms with Gasteiger partial charge in [0.1, 0.15) is 105 Å². The van der Waals surface area contributed by atoms with E-state index >= 15 is 0 Å². The van der Waals surface area contributed by atoms with Gasteiger partial charge in [-0.15, -0.1) is 0 Å². The number of rotatable bonds is 21. The Hall–Kier alpha value is -8.70. The molecule has 3 aromatic rings. The number of aliphatic hydroxyl groups is 11. The molecule has 0 radical (unpaired) electrons. The van der Waals surface area contributed by atoms with Crippen LogP contribution in [0.2, 0.25) is 0 Å². The molecule has 5 aliphatic rings. The Bertz CT molecular complexity index is 3200. The number of methoxy groups -OCH3 is 2. The van der Waals surface area contributed by atoms with Crippen molar-refractivity contribution in [2.24, 2.45) is 0 Å². The maximum atomic E-state index is 13.1. The van der Waals surface area contributed by atoms with Crippen molar-refractivity contribution in [3.05, 3.63) is 118 Å². The summed E-state index contributed by atoms with van der Waals surface area (Å²) in [6, 6.07) is 10.1. The number of ether oxygens (including phenoxy) is 12. The predicted octanol–water partition coefficient (Wildman–Crippen LogP) is -1.91. The molecule has 16 unspecified atom stereocenters. The Balaban J connectivity index is 1.12. The van der Waals surface area contributed by atoms with Gasteiger partial charge in [0.2, 0.25) is 24.4 Å². The molecule has 0 amide bonds. The van der Waals surface area contributed by atoms with Gasteiger partial charge in [-0.1, -0.05) is 12.1 Å². The van der Waals surface area contributed by atoms with Crippen LogP contribution in [0, 0.1) is 0 Å². The van der Waals surface area contributed by atoms with E-state index in [1.54, 1.807) is 0 Å². The zero-order chi connectivity index (χ0) is 63.1. The van der Waals surface area contributed by atoms with Gasteiger partial charge in [-0.25, -0.2) is 9.59 Å². The highest BCUT2D eigenvalue weighted by molar-refractivity contribution is 5.90. The molecule has 4 aliphatic heterocycles. The van der Waals surface area contributed by atoms with Gasteiger partial charge >= 0.3 is 29.6 Å². The molecule has 3 aromatic carbocycles. The number of hydrogen-bond donors (Lipinski definition) is 15. The van der Waals surface area contributed by atoms with Crippen molar-refractivity contribution in [2.75, 3.05) is 34.0 Å². The molecule has 3 saturated heterocycles. The summed E-state index contributed by atoms with van der Waals surface area (Å²) in [5, 5.41) is 161. The normalized spacial score (nSPS) is 29.8. The molecule has 0 spiro atoms. The summed E-state index contributed by atoms with van der Waals surface area (Å²) < 4.78 is 66.4. The van der Waals surface area contributed by atoms with Crippen LogP contribution in [0.15, 0.2) is 102 Å². The number of aliphatic carboxylic acids is 1. The number of benzene rings is 3. The third-order valence-corrected chi connectivity index (χ3v) is 13.8. The molecule has 16 atom stereocenters. The summed E-state index contributed by atoms with van der Waals surface area (Å²) in [7, 11) is 2.61. The first kappa shape index (κ1) is 64.3. The summed E-state index contributed by atoms with van der Waals surface area (Å²) >= 11 is 0. The van der Waals surface area contributed by atoms with E-state index in [0.29, 0.717) is 11.1 Å². The second kappa shape index (κ2) is 27.8. The number of allylic oxidation sites excluding steroid dienone is 2. The number of phenols is 5. The van der Waals surface area contributed by atoms with E-state index < -0.39 is 183 Å². The van der Waals surface area contributed by atoms with Crippen LogP contribution < -0.4 is 9.47 Å². The number of phenolic OH excluding ortho intramolecular Hbond substituents is 5. The first-order chi connectivity index (χ1) is 41.3. The summed E-state index contributed by atoms with van der Waals surface area (Å²) in [6.45, 7) is -2.54. The minimum Gasteiger partial charge on any atom is -0.571 e. The van der Waals surface area contributed by atoms with E-state index in [1.807, 2.05) is 0 Å². The van der Waals surface area contributed by atoms with Gasteiger partial charge < -0.3 is 133 Å². The second-order valence-electron chi connectivity index (χ2n) is 19.8. The van der Waals surface area contributed by atoms with Gasteiger partial charge in [-0.3, -0.25) is 9.59 Å². The molecule has 1 aliphatic carbocycles. The molecule has 16 N–H and O–H groups in total. The summed E-state index contributed by atoms with van der Waals surface area (Å²) in [5.74, 6) is -9.76. The Morgan fingerprint density at radius 3 is 1.59 bits per heavy atom. The zero-order valence-electron chi connectivity index (χ0n) is 45.5. The maximum Gasteiger partial charge on any atom is 0.330 e. The number of carbonyl (C=O) groups is 4. The Morgan fingerprint density at radius 2 is 1.06 bits per heavy atom. The van der Waals surface area contributed by atoms with E-state index in [0.717, 1.165) is 42.5 Å². The Kier molecular flexibility index (Phi) is 20.5. The quantitative estimate of drug-likeness (QED) is 0.0138. The third kappa shape index (κ3) is 15.1. The molecule has 8 rings (SSSR count). The lowest BCUT2D eigenvalue weighted by atomic mass is 9.95. The molecule has 87 heavy (non-hydrogen) atoms. The number of carboxylic acids is 1. The SMILES string of the molecule is COc1cc(C=CC(=O)OCC2OC(OC3C(OC4=C(c5cc(O)c(O)c(O)c5)[OH+]C5C=C(O)C=C(OC6OC(COC(=O)CC(=O)O)C(O)C(O)C6O)C5=C4)OC(COC(=O)C=Cc4ccc(O)c(OC)c4)C(O)C3O)C(O)C(O)C2O)ccc1O. The van der Waals surface area contributed by atoms with Crippen LogP contribution >= 0.6 is 0 Å². The smallest absolute Gasteiger partial charge is 0.330 e. The number of carboxylic acid groups (broad SMARTS) is 1. The molecule has 0 bridgehead atoms. The highest BCUT2D eigenvalue weighted by atomic mass is 16.8. The minimum absolute atomic E-state index is 0.0747. The van der Waals surface area contributed by atoms with Crippen LogP contribution in [-0.2, 0) is 61.8 Å². The molecule has 31 heteroatoms. The van der Waals surface area contributed by atoms with Crippen molar-refractivity contribution in [2.45, 2.75) is 105 Å². The van der Waals surface area contributed by atoms with Crippen molar-refractivity contribution < 1.29 is 153 Å². The van der Waals surface area contributed by atoms with Crippen LogP contribution in [0.1, 0.15) is 23.1 Å². The highest BCUT2D eigenvalue weighted by Crippen LogP contribution is 2.44. The average Bonchev–Trinajstić information content (AvgIpc) is 1.10. The number of hydrogen-bond acceptors (Lipinski definition) is 29. The van der Waals surface area contributed by atoms with E-state index in [-0.39, 0.29) is 39.9 Å². The van der Waals surface area contributed by atoms with E-state index in [2.05, 4.69) is 4.74 Å². The lowest BCUT2D eigenvalue weighted by Gasteiger charge is -2.46. The number of aromatic hydroxyl groups is 5. The number of carbonyl (C=O) groups excluding carboxylic acids is 3. The highest BCUT2D eigenvalue weighted by Gasteiger charge is 2.53. The first-order valence-electron chi connectivity index (χ1n) is 26.1. The predicted molar refractivity (Wildman–Crippen MR) is 285 cm³/mol. The molecular formula is C56H61O31+. The van der Waals surface area contributed by atoms with E-state index in [9.17, 15) is 90.7 Å². The fourth-order valence-electron chi connectivity index (χ4n) is 9.19. The summed E-state index contributed by atoms with van der Waals surface area (Å²) in [6.07, 6.45) is -25.0. The molecule has 3 fully saturated rings. The van der Waals surface area contributed by atoms with Gasteiger partial charge in [0.15, 0.2) is 52.6 Å². The lowest BCUT2D eigenvalue weighted by molar-refractivity contribution is -0.363. The van der Waals surface area contributed by atoms with Gasteiger partial charge in [0.05, 0.1) is 31.4 Å². The van der Waals surface area contributed by atoms with E-state index in [4.69, 9.17) is 57.2 Å². The van der Waals surface area contributed by atoms with Crippen molar-refractivity contribution in [3.63, 3.8) is 0 Å². The standard InChI is InChI=1S/C56H60O31/c1-76-33-11-22(3-7-27(33)58)5-9-40(64)78-19-36-44(68)48(72)51(75)55(85-36)87-53-49(73)46(70)38(20-79-41(65)10-6-23-4-8-28(59)34(12-23)77-2)86-56(53)83-35-17-26-31(81-52(35)24-13-29(60)43(67)30(61)14-24)15-25(57)16-32(26)82-54-50(74)47(71)45(69)37(84-54)21-80-42(66)18-39(62)63/h3-17,31,36-38,44-51,53-61,67-75H,18-21H2,1-2H3,(H,62,63)/p+1. The van der Waals surface area contributed by atoms with Crippen LogP contribution in [-0.4, -0.2) is 237 Å². The Labute approximate surface area is 490 Å². The van der Waals surface area contributed by atoms with Crippen molar-refractivity contribution >= 4 is 41.8 Å². The monoisotopic (exact) mass is 1230 g/mol. The molecule has 470 valence electrons. The molecule has 31 nitrogen and oxygen atoms in total. The average molecular weight is 1230 g/mol. The largest absolute Gasteiger partial charge is 0.571 e. The van der Waals surface area contributed by atoms with Crippen molar-refractivity contribution in [3.8, 4) is 40.2 Å². The molecule has 4 heterocycles. The number of fused-ring (bicyclic) bond motifs is 1. The fraction of sp³-hybridized carbons (Fsp3) is 0.393.